The van der Waals surface area contributed by atoms with Crippen molar-refractivity contribution in [2.24, 2.45) is 5.92 Å². The average molecular weight is 488 g/mol. The Morgan fingerprint density at radius 3 is 2.46 bits per heavy atom. The molecule has 1 aliphatic rings. The molecule has 6 heteroatoms. The lowest BCUT2D eigenvalue weighted by Gasteiger charge is -2.32. The predicted molar refractivity (Wildman–Crippen MR) is 145 cm³/mol. The van der Waals surface area contributed by atoms with E-state index in [-0.39, 0.29) is 23.6 Å². The van der Waals surface area contributed by atoms with Gasteiger partial charge < -0.3 is 15.5 Å². The van der Waals surface area contributed by atoms with Gasteiger partial charge in [0.2, 0.25) is 0 Å². The third-order valence-corrected chi connectivity index (χ3v) is 7.31. The summed E-state index contributed by atoms with van der Waals surface area (Å²) in [6.07, 6.45) is 4.17. The van der Waals surface area contributed by atoms with Gasteiger partial charge in [0.15, 0.2) is 0 Å². The summed E-state index contributed by atoms with van der Waals surface area (Å²) in [4.78, 5) is 29.4. The molecule has 2 amide bonds. The number of benzene rings is 2. The molecule has 1 saturated heterocycles. The summed E-state index contributed by atoms with van der Waals surface area (Å²) in [5.41, 5.74) is 3.98. The first-order valence-corrected chi connectivity index (χ1v) is 13.1. The minimum absolute atomic E-state index is 0.208. The van der Waals surface area contributed by atoms with Gasteiger partial charge in [-0.2, -0.15) is 0 Å². The summed E-state index contributed by atoms with van der Waals surface area (Å²) in [7, 11) is 0. The van der Waals surface area contributed by atoms with Crippen LogP contribution in [-0.2, 0) is 4.79 Å². The van der Waals surface area contributed by atoms with E-state index in [2.05, 4.69) is 46.7 Å². The van der Waals surface area contributed by atoms with Crippen LogP contribution in [0.4, 0.5) is 5.69 Å². The smallest absolute Gasteiger partial charge is 0.268 e. The summed E-state index contributed by atoms with van der Waals surface area (Å²) in [6, 6.07) is 19.4. The molecule has 2 heterocycles. The monoisotopic (exact) mass is 487 g/mol. The number of carbonyl (C=O) groups excluding carboxylic acids is 2. The second-order valence-corrected chi connectivity index (χ2v) is 10.3. The second kappa shape index (κ2) is 11.4. The van der Waals surface area contributed by atoms with E-state index in [1.54, 1.807) is 12.1 Å². The van der Waals surface area contributed by atoms with Crippen LogP contribution in [-0.4, -0.2) is 24.9 Å². The average Bonchev–Trinajstić information content (AvgIpc) is 3.37. The molecule has 1 fully saturated rings. The molecule has 1 aliphatic heterocycles. The van der Waals surface area contributed by atoms with E-state index in [9.17, 15) is 9.59 Å². The highest BCUT2D eigenvalue weighted by Crippen LogP contribution is 2.25. The summed E-state index contributed by atoms with van der Waals surface area (Å²) in [5.74, 6) is 0.170. The van der Waals surface area contributed by atoms with E-state index in [4.69, 9.17) is 0 Å². The van der Waals surface area contributed by atoms with Gasteiger partial charge in [-0.3, -0.25) is 9.59 Å². The highest BCUT2D eigenvalue weighted by Gasteiger charge is 2.19. The number of hydrogen-bond donors (Lipinski definition) is 2. The number of nitrogens with one attached hydrogen (secondary N) is 2. The Balaban J connectivity index is 1.45. The maximum Gasteiger partial charge on any atom is 0.268 e. The SMILES string of the molecule is Cc1cccc(C(=O)N/C(=C\c2cccs2)C(=O)NC(C)c2ccc(N3CCC(C)CC3)cc2)c1. The molecule has 0 radical (unpaired) electrons. The number of carbonyl (C=O) groups is 2. The molecule has 35 heavy (non-hydrogen) atoms. The molecule has 1 atom stereocenters. The Morgan fingerprint density at radius 2 is 1.80 bits per heavy atom. The van der Waals surface area contributed by atoms with Crippen LogP contribution >= 0.6 is 11.3 Å². The van der Waals surface area contributed by atoms with Crippen molar-refractivity contribution in [1.82, 2.24) is 10.6 Å². The van der Waals surface area contributed by atoms with Gasteiger partial charge in [0.25, 0.3) is 11.8 Å². The van der Waals surface area contributed by atoms with Gasteiger partial charge in [-0.1, -0.05) is 42.8 Å². The van der Waals surface area contributed by atoms with Gasteiger partial charge >= 0.3 is 0 Å². The second-order valence-electron chi connectivity index (χ2n) is 9.35. The molecule has 4 rings (SSSR count). The minimum atomic E-state index is -0.319. The lowest BCUT2D eigenvalue weighted by molar-refractivity contribution is -0.118. The van der Waals surface area contributed by atoms with Crippen LogP contribution in [0, 0.1) is 12.8 Å². The van der Waals surface area contributed by atoms with E-state index < -0.39 is 0 Å². The largest absolute Gasteiger partial charge is 0.372 e. The number of anilines is 1. The van der Waals surface area contributed by atoms with Gasteiger partial charge in [0, 0.05) is 29.2 Å². The zero-order valence-corrected chi connectivity index (χ0v) is 21.4. The fourth-order valence-electron chi connectivity index (χ4n) is 4.25. The van der Waals surface area contributed by atoms with Crippen molar-refractivity contribution in [2.45, 2.75) is 39.7 Å². The topological polar surface area (TPSA) is 61.4 Å². The van der Waals surface area contributed by atoms with Gasteiger partial charge in [-0.25, -0.2) is 0 Å². The quantitative estimate of drug-likeness (QED) is 0.406. The van der Waals surface area contributed by atoms with Crippen molar-refractivity contribution in [2.75, 3.05) is 18.0 Å². The molecule has 0 bridgehead atoms. The molecule has 2 aromatic carbocycles. The summed E-state index contributed by atoms with van der Waals surface area (Å²) in [5, 5.41) is 7.81. The van der Waals surface area contributed by atoms with E-state index in [0.717, 1.165) is 35.0 Å². The zero-order chi connectivity index (χ0) is 24.8. The minimum Gasteiger partial charge on any atom is -0.372 e. The number of amides is 2. The number of hydrogen-bond acceptors (Lipinski definition) is 4. The van der Waals surface area contributed by atoms with Gasteiger partial charge in [0.05, 0.1) is 6.04 Å². The van der Waals surface area contributed by atoms with Gasteiger partial charge in [0.1, 0.15) is 5.70 Å². The van der Waals surface area contributed by atoms with Crippen molar-refractivity contribution in [3.63, 3.8) is 0 Å². The van der Waals surface area contributed by atoms with E-state index in [0.29, 0.717) is 5.56 Å². The molecule has 0 saturated carbocycles. The normalized spacial score (nSPS) is 15.5. The van der Waals surface area contributed by atoms with Crippen molar-refractivity contribution in [3.8, 4) is 0 Å². The highest BCUT2D eigenvalue weighted by atomic mass is 32.1. The molecule has 1 aromatic heterocycles. The van der Waals surface area contributed by atoms with Crippen LogP contribution in [0.1, 0.15) is 59.1 Å². The number of rotatable bonds is 7. The predicted octanol–water partition coefficient (Wildman–Crippen LogP) is 5.94. The number of thiophene rings is 1. The maximum atomic E-state index is 13.2. The van der Waals surface area contributed by atoms with Gasteiger partial charge in [-0.15, -0.1) is 11.3 Å². The first-order valence-electron chi connectivity index (χ1n) is 12.2. The lowest BCUT2D eigenvalue weighted by Crippen LogP contribution is -2.36. The molecule has 5 nitrogen and oxygen atoms in total. The molecule has 3 aromatic rings. The molecular formula is C29H33N3O2S. The third-order valence-electron chi connectivity index (χ3n) is 6.49. The molecule has 0 aliphatic carbocycles. The molecule has 182 valence electrons. The van der Waals surface area contributed by atoms with Crippen molar-refractivity contribution in [1.29, 1.82) is 0 Å². The zero-order valence-electron chi connectivity index (χ0n) is 20.6. The first-order chi connectivity index (χ1) is 16.9. The van der Waals surface area contributed by atoms with E-state index in [1.807, 2.05) is 49.6 Å². The number of nitrogens with zero attached hydrogens (tertiary/aromatic N) is 1. The Kier molecular flexibility index (Phi) is 8.03. The van der Waals surface area contributed by atoms with Crippen molar-refractivity contribution < 1.29 is 9.59 Å². The van der Waals surface area contributed by atoms with Crippen LogP contribution in [0.5, 0.6) is 0 Å². The van der Waals surface area contributed by atoms with Crippen molar-refractivity contribution in [3.05, 3.63) is 93.3 Å². The van der Waals surface area contributed by atoms with Crippen molar-refractivity contribution >= 4 is 34.9 Å². The number of aryl methyl sites for hydroxylation is 1. The maximum absolute atomic E-state index is 13.2. The number of piperidine rings is 1. The van der Waals surface area contributed by atoms with Crippen LogP contribution < -0.4 is 15.5 Å². The summed E-state index contributed by atoms with van der Waals surface area (Å²) >= 11 is 1.51. The standard InChI is InChI=1S/C29H33N3O2S/c1-20-13-15-32(16-14-20)25-11-9-23(10-12-25)22(3)30-29(34)27(19-26-8-5-17-35-26)31-28(33)24-7-4-6-21(2)18-24/h4-12,17-20,22H,13-16H2,1-3H3,(H,30,34)(H,31,33)/b27-19-. The van der Waals surface area contributed by atoms with Gasteiger partial charge in [-0.05, 0) is 80.0 Å². The Bertz CT molecular complexity index is 1180. The molecule has 1 unspecified atom stereocenters. The van der Waals surface area contributed by atoms with Crippen LogP contribution in [0.2, 0.25) is 0 Å². The highest BCUT2D eigenvalue weighted by molar-refractivity contribution is 7.10. The third kappa shape index (κ3) is 6.61. The van der Waals surface area contributed by atoms with E-state index >= 15 is 0 Å². The van der Waals surface area contributed by atoms with Crippen LogP contribution in [0.25, 0.3) is 6.08 Å². The fraction of sp³-hybridized carbons (Fsp3) is 0.310. The lowest BCUT2D eigenvalue weighted by atomic mass is 9.98. The Hall–Kier alpha value is -3.38. The van der Waals surface area contributed by atoms with Crippen LogP contribution in [0.15, 0.2) is 71.7 Å². The van der Waals surface area contributed by atoms with E-state index in [1.165, 1.54) is 29.9 Å². The Morgan fingerprint density at radius 1 is 1.06 bits per heavy atom. The molecular weight excluding hydrogens is 454 g/mol. The summed E-state index contributed by atoms with van der Waals surface area (Å²) < 4.78 is 0. The fourth-order valence-corrected chi connectivity index (χ4v) is 4.91. The molecule has 0 spiro atoms. The molecule has 2 N–H and O–H groups in total. The summed E-state index contributed by atoms with van der Waals surface area (Å²) in [6.45, 7) is 8.38. The first kappa shape index (κ1) is 24.7. The Labute approximate surface area is 211 Å². The van der Waals surface area contributed by atoms with Crippen LogP contribution in [0.3, 0.4) is 0 Å².